The summed E-state index contributed by atoms with van der Waals surface area (Å²) in [6, 6.07) is 11.6. The van der Waals surface area contributed by atoms with Gasteiger partial charge in [0.05, 0.1) is 15.6 Å². The van der Waals surface area contributed by atoms with E-state index >= 15 is 0 Å². The molecular weight excluding hydrogens is 377 g/mol. The van der Waals surface area contributed by atoms with Crippen LogP contribution in [-0.4, -0.2) is 25.1 Å². The first-order chi connectivity index (χ1) is 12.5. The normalized spacial score (nSPS) is 13.2. The van der Waals surface area contributed by atoms with Crippen molar-refractivity contribution in [3.8, 4) is 5.75 Å². The molecule has 0 radical (unpaired) electrons. The van der Waals surface area contributed by atoms with E-state index in [1.54, 1.807) is 42.5 Å². The predicted molar refractivity (Wildman–Crippen MR) is 100 cm³/mol. The number of halogens is 2. The topological polar surface area (TPSA) is 64.6 Å². The standard InChI is InChI=1S/C19H17Cl2NO4/c20-15-2-1-3-16(21)17(15)25-10-11-26-19(24)13-6-8-14(9-7-13)22-18(23)12-4-5-12/h1-3,6-9,12H,4-5,10-11H2,(H,22,23). The van der Waals surface area contributed by atoms with E-state index in [1.165, 1.54) is 0 Å². The van der Waals surface area contributed by atoms with Crippen molar-refractivity contribution in [2.75, 3.05) is 18.5 Å². The number of rotatable bonds is 7. The highest BCUT2D eigenvalue weighted by Crippen LogP contribution is 2.32. The van der Waals surface area contributed by atoms with Crippen molar-refractivity contribution >= 4 is 40.8 Å². The second kappa shape index (κ2) is 8.43. The Balaban J connectivity index is 1.45. The first-order valence-electron chi connectivity index (χ1n) is 8.19. The SMILES string of the molecule is O=C(OCCOc1c(Cl)cccc1Cl)c1ccc(NC(=O)C2CC2)cc1. The Hall–Kier alpha value is -2.24. The number of ether oxygens (including phenoxy) is 2. The molecule has 7 heteroatoms. The smallest absolute Gasteiger partial charge is 0.338 e. The molecule has 0 saturated heterocycles. The van der Waals surface area contributed by atoms with Crippen LogP contribution in [0.15, 0.2) is 42.5 Å². The first kappa shape index (κ1) is 18.5. The van der Waals surface area contributed by atoms with Crippen LogP contribution in [0, 0.1) is 5.92 Å². The first-order valence-corrected chi connectivity index (χ1v) is 8.95. The summed E-state index contributed by atoms with van der Waals surface area (Å²) in [7, 11) is 0. The van der Waals surface area contributed by atoms with Crippen LogP contribution in [-0.2, 0) is 9.53 Å². The molecule has 2 aromatic carbocycles. The highest BCUT2D eigenvalue weighted by Gasteiger charge is 2.29. The molecule has 136 valence electrons. The van der Waals surface area contributed by atoms with E-state index in [1.807, 2.05) is 0 Å². The van der Waals surface area contributed by atoms with E-state index in [0.717, 1.165) is 12.8 Å². The Labute approximate surface area is 161 Å². The predicted octanol–water partition coefficient (Wildman–Crippen LogP) is 4.58. The van der Waals surface area contributed by atoms with Crippen LogP contribution >= 0.6 is 23.2 Å². The summed E-state index contributed by atoms with van der Waals surface area (Å²) in [5.41, 5.74) is 1.06. The third-order valence-corrected chi connectivity index (χ3v) is 4.41. The molecule has 0 atom stereocenters. The van der Waals surface area contributed by atoms with Gasteiger partial charge in [0.1, 0.15) is 13.2 Å². The number of esters is 1. The van der Waals surface area contributed by atoms with E-state index < -0.39 is 5.97 Å². The van der Waals surface area contributed by atoms with E-state index in [0.29, 0.717) is 27.0 Å². The summed E-state index contributed by atoms with van der Waals surface area (Å²) in [5, 5.41) is 3.61. The summed E-state index contributed by atoms with van der Waals surface area (Å²) in [6.07, 6.45) is 1.88. The zero-order chi connectivity index (χ0) is 18.5. The zero-order valence-corrected chi connectivity index (χ0v) is 15.3. The Morgan fingerprint density at radius 3 is 2.27 bits per heavy atom. The summed E-state index contributed by atoms with van der Waals surface area (Å²) in [6.45, 7) is 0.186. The molecule has 0 unspecified atom stereocenters. The lowest BCUT2D eigenvalue weighted by Gasteiger charge is -2.10. The summed E-state index contributed by atoms with van der Waals surface area (Å²) in [4.78, 5) is 23.7. The number of amides is 1. The molecule has 26 heavy (non-hydrogen) atoms. The van der Waals surface area contributed by atoms with Crippen molar-refractivity contribution in [3.63, 3.8) is 0 Å². The van der Waals surface area contributed by atoms with Crippen LogP contribution in [0.5, 0.6) is 5.75 Å². The fourth-order valence-electron chi connectivity index (χ4n) is 2.26. The fourth-order valence-corrected chi connectivity index (χ4v) is 2.77. The summed E-state index contributed by atoms with van der Waals surface area (Å²) >= 11 is 12.0. The molecule has 2 aromatic rings. The van der Waals surface area contributed by atoms with Gasteiger partial charge in [0, 0.05) is 11.6 Å². The third-order valence-electron chi connectivity index (χ3n) is 3.82. The number of benzene rings is 2. The molecule has 0 aliphatic heterocycles. The average Bonchev–Trinajstić information content (AvgIpc) is 3.46. The van der Waals surface area contributed by atoms with Crippen molar-refractivity contribution in [2.24, 2.45) is 5.92 Å². The summed E-state index contributed by atoms with van der Waals surface area (Å²) < 4.78 is 10.6. The molecule has 0 aromatic heterocycles. The minimum absolute atomic E-state index is 0.0238. The third kappa shape index (κ3) is 4.90. The molecule has 1 N–H and O–H groups in total. The molecule has 1 aliphatic rings. The van der Waals surface area contributed by atoms with E-state index in [-0.39, 0.29) is 25.0 Å². The lowest BCUT2D eigenvalue weighted by molar-refractivity contribution is -0.117. The maximum atomic E-state index is 12.0. The molecule has 0 heterocycles. The van der Waals surface area contributed by atoms with Crippen LogP contribution < -0.4 is 10.1 Å². The maximum absolute atomic E-state index is 12.0. The molecule has 1 saturated carbocycles. The number of anilines is 1. The molecule has 5 nitrogen and oxygen atoms in total. The van der Waals surface area contributed by atoms with Gasteiger partial charge in [-0.25, -0.2) is 4.79 Å². The fraction of sp³-hybridized carbons (Fsp3) is 0.263. The molecule has 1 fully saturated rings. The Kier molecular flexibility index (Phi) is 6.01. The van der Waals surface area contributed by atoms with Gasteiger partial charge < -0.3 is 14.8 Å². The van der Waals surface area contributed by atoms with Crippen molar-refractivity contribution < 1.29 is 19.1 Å². The number of hydrogen-bond acceptors (Lipinski definition) is 4. The Morgan fingerprint density at radius 2 is 1.65 bits per heavy atom. The number of carbonyl (C=O) groups is 2. The minimum Gasteiger partial charge on any atom is -0.487 e. The van der Waals surface area contributed by atoms with Crippen LogP contribution in [0.2, 0.25) is 10.0 Å². The quantitative estimate of drug-likeness (QED) is 0.552. The number of nitrogens with one attached hydrogen (secondary N) is 1. The summed E-state index contributed by atoms with van der Waals surface area (Å²) in [5.74, 6) is 0.0449. The van der Waals surface area contributed by atoms with E-state index in [2.05, 4.69) is 5.32 Å². The van der Waals surface area contributed by atoms with Crippen LogP contribution in [0.3, 0.4) is 0 Å². The lowest BCUT2D eigenvalue weighted by Crippen LogP contribution is -2.14. The average molecular weight is 394 g/mol. The van der Waals surface area contributed by atoms with Gasteiger partial charge in [-0.1, -0.05) is 29.3 Å². The molecular formula is C19H17Cl2NO4. The molecule has 0 bridgehead atoms. The monoisotopic (exact) mass is 393 g/mol. The van der Waals surface area contributed by atoms with Crippen LogP contribution in [0.1, 0.15) is 23.2 Å². The lowest BCUT2D eigenvalue weighted by atomic mass is 10.2. The van der Waals surface area contributed by atoms with E-state index in [9.17, 15) is 9.59 Å². The molecule has 0 spiro atoms. The Morgan fingerprint density at radius 1 is 1.00 bits per heavy atom. The highest BCUT2D eigenvalue weighted by molar-refractivity contribution is 6.37. The second-order valence-corrected chi connectivity index (χ2v) is 6.69. The molecule has 3 rings (SSSR count). The molecule has 1 amide bonds. The van der Waals surface area contributed by atoms with Crippen molar-refractivity contribution in [1.82, 2.24) is 0 Å². The van der Waals surface area contributed by atoms with Crippen LogP contribution in [0.4, 0.5) is 5.69 Å². The number of hydrogen-bond donors (Lipinski definition) is 1. The van der Waals surface area contributed by atoms with Gasteiger partial charge in [0.15, 0.2) is 5.75 Å². The van der Waals surface area contributed by atoms with Crippen molar-refractivity contribution in [3.05, 3.63) is 58.1 Å². The van der Waals surface area contributed by atoms with Gasteiger partial charge in [0.25, 0.3) is 0 Å². The van der Waals surface area contributed by atoms with Crippen molar-refractivity contribution in [1.29, 1.82) is 0 Å². The van der Waals surface area contributed by atoms with Gasteiger partial charge in [-0.15, -0.1) is 0 Å². The number of carbonyl (C=O) groups excluding carboxylic acids is 2. The second-order valence-electron chi connectivity index (χ2n) is 5.88. The zero-order valence-electron chi connectivity index (χ0n) is 13.8. The van der Waals surface area contributed by atoms with E-state index in [4.69, 9.17) is 32.7 Å². The molecule has 1 aliphatic carbocycles. The van der Waals surface area contributed by atoms with Crippen LogP contribution in [0.25, 0.3) is 0 Å². The largest absolute Gasteiger partial charge is 0.487 e. The van der Waals surface area contributed by atoms with Gasteiger partial charge >= 0.3 is 5.97 Å². The van der Waals surface area contributed by atoms with Gasteiger partial charge in [0.2, 0.25) is 5.91 Å². The van der Waals surface area contributed by atoms with Crippen molar-refractivity contribution in [2.45, 2.75) is 12.8 Å². The Bertz CT molecular complexity index is 783. The highest BCUT2D eigenvalue weighted by atomic mass is 35.5. The number of para-hydroxylation sites is 1. The van der Waals surface area contributed by atoms with Gasteiger partial charge in [-0.05, 0) is 49.2 Å². The minimum atomic E-state index is -0.473. The van der Waals surface area contributed by atoms with Gasteiger partial charge in [-0.2, -0.15) is 0 Å². The van der Waals surface area contributed by atoms with Gasteiger partial charge in [-0.3, -0.25) is 4.79 Å². The maximum Gasteiger partial charge on any atom is 0.338 e.